The van der Waals surface area contributed by atoms with Crippen LogP contribution in [0.3, 0.4) is 0 Å². The Labute approximate surface area is 113 Å². The summed E-state index contributed by atoms with van der Waals surface area (Å²) in [7, 11) is 0. The monoisotopic (exact) mass is 254 g/mol. The van der Waals surface area contributed by atoms with Gasteiger partial charge < -0.3 is 5.11 Å². The molecule has 0 heterocycles. The van der Waals surface area contributed by atoms with E-state index in [1.54, 1.807) is 12.1 Å². The minimum atomic E-state index is -0.867. The quantitative estimate of drug-likeness (QED) is 0.901. The summed E-state index contributed by atoms with van der Waals surface area (Å²) in [5, 5.41) is 8.98. The molecule has 2 aromatic rings. The molecule has 2 heteroatoms. The molecule has 0 saturated heterocycles. The smallest absolute Gasteiger partial charge is 0.335 e. The molecule has 0 amide bonds. The topological polar surface area (TPSA) is 37.3 Å². The highest BCUT2D eigenvalue weighted by Crippen LogP contribution is 2.14. The third-order valence-corrected chi connectivity index (χ3v) is 3.36. The second-order valence-electron chi connectivity index (χ2n) is 4.94. The summed E-state index contributed by atoms with van der Waals surface area (Å²) in [6.45, 7) is 4.20. The SMILES string of the molecule is Cc1ccc(C)c(CCc2cccc(C(=O)O)c2)c1. The lowest BCUT2D eigenvalue weighted by atomic mass is 9.98. The molecular weight excluding hydrogens is 236 g/mol. The highest BCUT2D eigenvalue weighted by molar-refractivity contribution is 5.87. The summed E-state index contributed by atoms with van der Waals surface area (Å²) in [6.07, 6.45) is 1.81. The molecule has 19 heavy (non-hydrogen) atoms. The normalized spacial score (nSPS) is 10.4. The Morgan fingerprint density at radius 3 is 2.58 bits per heavy atom. The first kappa shape index (κ1) is 13.3. The van der Waals surface area contributed by atoms with Crippen LogP contribution < -0.4 is 0 Å². The van der Waals surface area contributed by atoms with Crippen molar-refractivity contribution in [3.05, 3.63) is 70.3 Å². The van der Waals surface area contributed by atoms with Crippen molar-refractivity contribution in [2.45, 2.75) is 26.7 Å². The maximum atomic E-state index is 10.9. The molecule has 0 unspecified atom stereocenters. The first-order valence-corrected chi connectivity index (χ1v) is 6.44. The predicted octanol–water partition coefficient (Wildman–Crippen LogP) is 3.79. The molecule has 0 aliphatic heterocycles. The van der Waals surface area contributed by atoms with Gasteiger partial charge in [-0.3, -0.25) is 0 Å². The molecule has 0 radical (unpaired) electrons. The largest absolute Gasteiger partial charge is 0.478 e. The van der Waals surface area contributed by atoms with Crippen molar-refractivity contribution in [1.29, 1.82) is 0 Å². The van der Waals surface area contributed by atoms with Gasteiger partial charge in [0.05, 0.1) is 5.56 Å². The first-order valence-electron chi connectivity index (χ1n) is 6.44. The summed E-state index contributed by atoms with van der Waals surface area (Å²) in [6, 6.07) is 13.6. The third-order valence-electron chi connectivity index (χ3n) is 3.36. The standard InChI is InChI=1S/C17H18O2/c1-12-6-7-13(2)15(10-12)9-8-14-4-3-5-16(11-14)17(18)19/h3-7,10-11H,8-9H2,1-2H3,(H,18,19). The molecule has 0 aliphatic rings. The van der Waals surface area contributed by atoms with Crippen molar-refractivity contribution < 1.29 is 9.90 Å². The lowest BCUT2D eigenvalue weighted by Crippen LogP contribution is -1.99. The Bertz CT molecular complexity index is 600. The van der Waals surface area contributed by atoms with Crippen LogP contribution in [0, 0.1) is 13.8 Å². The molecule has 2 nitrogen and oxygen atoms in total. The van der Waals surface area contributed by atoms with E-state index in [9.17, 15) is 4.79 Å². The molecule has 0 aliphatic carbocycles. The zero-order valence-corrected chi connectivity index (χ0v) is 11.3. The van der Waals surface area contributed by atoms with Crippen LogP contribution in [-0.4, -0.2) is 11.1 Å². The number of aryl methyl sites for hydroxylation is 4. The van der Waals surface area contributed by atoms with Crippen LogP contribution in [0.5, 0.6) is 0 Å². The molecule has 0 aromatic heterocycles. The summed E-state index contributed by atoms with van der Waals surface area (Å²) < 4.78 is 0. The molecule has 0 spiro atoms. The zero-order chi connectivity index (χ0) is 13.8. The number of carboxylic acids is 1. The molecule has 1 N–H and O–H groups in total. The molecule has 0 bridgehead atoms. The molecular formula is C17H18O2. The number of aromatic carboxylic acids is 1. The highest BCUT2D eigenvalue weighted by atomic mass is 16.4. The fraction of sp³-hybridized carbons (Fsp3) is 0.235. The second-order valence-corrected chi connectivity index (χ2v) is 4.94. The second kappa shape index (κ2) is 5.70. The van der Waals surface area contributed by atoms with Crippen molar-refractivity contribution >= 4 is 5.97 Å². The van der Waals surface area contributed by atoms with Crippen LogP contribution >= 0.6 is 0 Å². The molecule has 2 rings (SSSR count). The van der Waals surface area contributed by atoms with E-state index in [-0.39, 0.29) is 0 Å². The number of hydrogen-bond donors (Lipinski definition) is 1. The zero-order valence-electron chi connectivity index (χ0n) is 11.3. The molecule has 0 saturated carbocycles. The van der Waals surface area contributed by atoms with Gasteiger partial charge >= 0.3 is 5.97 Å². The minimum absolute atomic E-state index is 0.360. The fourth-order valence-corrected chi connectivity index (χ4v) is 2.21. The van der Waals surface area contributed by atoms with Crippen LogP contribution in [0.15, 0.2) is 42.5 Å². The first-order chi connectivity index (χ1) is 9.06. The highest BCUT2D eigenvalue weighted by Gasteiger charge is 2.04. The number of carbonyl (C=O) groups is 1. The van der Waals surface area contributed by atoms with E-state index in [2.05, 4.69) is 32.0 Å². The van der Waals surface area contributed by atoms with Crippen molar-refractivity contribution in [1.82, 2.24) is 0 Å². The predicted molar refractivity (Wildman–Crippen MR) is 76.7 cm³/mol. The summed E-state index contributed by atoms with van der Waals surface area (Å²) in [5.41, 5.74) is 5.32. The van der Waals surface area contributed by atoms with Crippen LogP contribution in [0.2, 0.25) is 0 Å². The maximum absolute atomic E-state index is 10.9. The van der Waals surface area contributed by atoms with E-state index >= 15 is 0 Å². The van der Waals surface area contributed by atoms with E-state index in [1.807, 2.05) is 12.1 Å². The molecule has 98 valence electrons. The van der Waals surface area contributed by atoms with Gasteiger partial charge in [0.2, 0.25) is 0 Å². The van der Waals surface area contributed by atoms with Gasteiger partial charge in [0.15, 0.2) is 0 Å². The van der Waals surface area contributed by atoms with Crippen LogP contribution in [0.25, 0.3) is 0 Å². The van der Waals surface area contributed by atoms with Crippen molar-refractivity contribution in [3.63, 3.8) is 0 Å². The lowest BCUT2D eigenvalue weighted by molar-refractivity contribution is 0.0697. The number of benzene rings is 2. The molecule has 0 fully saturated rings. The van der Waals surface area contributed by atoms with E-state index in [0.29, 0.717) is 5.56 Å². The summed E-state index contributed by atoms with van der Waals surface area (Å²) >= 11 is 0. The fourth-order valence-electron chi connectivity index (χ4n) is 2.21. The van der Waals surface area contributed by atoms with Gasteiger partial charge in [-0.15, -0.1) is 0 Å². The third kappa shape index (κ3) is 3.44. The summed E-state index contributed by atoms with van der Waals surface area (Å²) in [5.74, 6) is -0.867. The van der Waals surface area contributed by atoms with Crippen molar-refractivity contribution in [3.8, 4) is 0 Å². The lowest BCUT2D eigenvalue weighted by Gasteiger charge is -2.07. The van der Waals surface area contributed by atoms with E-state index < -0.39 is 5.97 Å². The number of hydrogen-bond acceptors (Lipinski definition) is 1. The van der Waals surface area contributed by atoms with E-state index in [1.165, 1.54) is 16.7 Å². The van der Waals surface area contributed by atoms with Gasteiger partial charge in [0, 0.05) is 0 Å². The Morgan fingerprint density at radius 2 is 1.84 bits per heavy atom. The van der Waals surface area contributed by atoms with Gasteiger partial charge in [-0.2, -0.15) is 0 Å². The van der Waals surface area contributed by atoms with Crippen molar-refractivity contribution in [2.75, 3.05) is 0 Å². The maximum Gasteiger partial charge on any atom is 0.335 e. The van der Waals surface area contributed by atoms with Gasteiger partial charge in [-0.05, 0) is 55.5 Å². The van der Waals surface area contributed by atoms with Gasteiger partial charge in [-0.1, -0.05) is 35.9 Å². The molecule has 0 atom stereocenters. The van der Waals surface area contributed by atoms with E-state index in [0.717, 1.165) is 18.4 Å². The summed E-state index contributed by atoms with van der Waals surface area (Å²) in [4.78, 5) is 10.9. The van der Waals surface area contributed by atoms with E-state index in [4.69, 9.17) is 5.11 Å². The Morgan fingerprint density at radius 1 is 1.05 bits per heavy atom. The van der Waals surface area contributed by atoms with Crippen molar-refractivity contribution in [2.24, 2.45) is 0 Å². The van der Waals surface area contributed by atoms with Crippen LogP contribution in [-0.2, 0) is 12.8 Å². The Hall–Kier alpha value is -2.09. The Balaban J connectivity index is 2.12. The van der Waals surface area contributed by atoms with Gasteiger partial charge in [0.25, 0.3) is 0 Å². The number of carboxylic acid groups (broad SMARTS) is 1. The van der Waals surface area contributed by atoms with Crippen LogP contribution in [0.4, 0.5) is 0 Å². The van der Waals surface area contributed by atoms with Gasteiger partial charge in [0.1, 0.15) is 0 Å². The minimum Gasteiger partial charge on any atom is -0.478 e. The Kier molecular flexibility index (Phi) is 4.00. The molecule has 2 aromatic carbocycles. The average Bonchev–Trinajstić information content (AvgIpc) is 2.40. The average molecular weight is 254 g/mol. The van der Waals surface area contributed by atoms with Gasteiger partial charge in [-0.25, -0.2) is 4.79 Å². The number of rotatable bonds is 4. The van der Waals surface area contributed by atoms with Crippen LogP contribution in [0.1, 0.15) is 32.6 Å².